The van der Waals surface area contributed by atoms with Gasteiger partial charge in [-0.05, 0) is 11.0 Å². The van der Waals surface area contributed by atoms with Gasteiger partial charge in [-0.15, -0.1) is 0 Å². The highest BCUT2D eigenvalue weighted by Gasteiger charge is 2.26. The minimum atomic E-state index is -2.34. The van der Waals surface area contributed by atoms with Crippen LogP contribution in [0, 0.1) is 0 Å². The number of hydrogen-bond donors (Lipinski definition) is 2. The van der Waals surface area contributed by atoms with Gasteiger partial charge >= 0.3 is 13.8 Å². The standard InChI is InChI=1S/C4H8NO4P/c5-3(10(8)9)1-2-4(6)7/h3H,1-2,5H2,(H-,6,7,8,9)/p+1. The molecule has 0 aromatic carbocycles. The maximum absolute atomic E-state index is 10.2. The maximum Gasteiger partial charge on any atom is 0.569 e. The molecule has 6 heteroatoms. The predicted octanol–water partition coefficient (Wildman–Crippen LogP) is -2.18. The Morgan fingerprint density at radius 1 is 1.80 bits per heavy atom. The number of carbonyl (C=O) groups excluding carboxylic acids is 1. The fraction of sp³-hybridized carbons (Fsp3) is 0.750. The summed E-state index contributed by atoms with van der Waals surface area (Å²) in [4.78, 5) is 18.2. The quantitative estimate of drug-likeness (QED) is 0.463. The molecule has 0 spiro atoms. The molecule has 5 nitrogen and oxygen atoms in total. The summed E-state index contributed by atoms with van der Waals surface area (Å²) in [6.45, 7) is 0. The van der Waals surface area contributed by atoms with Gasteiger partial charge in [0.2, 0.25) is 0 Å². The largest absolute Gasteiger partial charge is 0.569 e. The summed E-state index contributed by atoms with van der Waals surface area (Å²) in [6, 6.07) is 0. The number of aliphatic carboxylic acids is 1. The van der Waals surface area contributed by atoms with Crippen LogP contribution in [0.2, 0.25) is 0 Å². The number of quaternary nitrogens is 1. The second kappa shape index (κ2) is 4.33. The summed E-state index contributed by atoms with van der Waals surface area (Å²) in [6.07, 6.45) is -0.121. The van der Waals surface area contributed by atoms with Crippen LogP contribution in [0.3, 0.4) is 0 Å². The lowest BCUT2D eigenvalue weighted by Gasteiger charge is -1.96. The summed E-state index contributed by atoms with van der Waals surface area (Å²) >= 11 is 0. The Hall–Kier alpha value is -0.510. The van der Waals surface area contributed by atoms with Crippen LogP contribution < -0.4 is 10.8 Å². The monoisotopic (exact) mass is 166 g/mol. The van der Waals surface area contributed by atoms with Crippen molar-refractivity contribution < 1.29 is 25.1 Å². The first-order valence-electron chi connectivity index (χ1n) is 2.72. The molecular formula is C4H9NO4P+. The van der Waals surface area contributed by atoms with Gasteiger partial charge in [-0.2, -0.15) is 4.89 Å². The Morgan fingerprint density at radius 3 is 2.60 bits per heavy atom. The third kappa shape index (κ3) is 4.38. The van der Waals surface area contributed by atoms with Gasteiger partial charge in [0.05, 0.1) is 6.42 Å². The smallest absolute Gasteiger partial charge is 0.550 e. The average Bonchev–Trinajstić information content (AvgIpc) is 1.82. The van der Waals surface area contributed by atoms with Crippen molar-refractivity contribution in [1.29, 1.82) is 0 Å². The highest BCUT2D eigenvalue weighted by molar-refractivity contribution is 7.38. The van der Waals surface area contributed by atoms with Gasteiger partial charge in [0.25, 0.3) is 0 Å². The van der Waals surface area contributed by atoms with E-state index < -0.39 is 19.8 Å². The molecule has 0 aliphatic heterocycles. The van der Waals surface area contributed by atoms with Crippen LogP contribution >= 0.6 is 8.03 Å². The molecule has 0 amide bonds. The number of carbonyl (C=O) groups is 1. The zero-order valence-electron chi connectivity index (χ0n) is 5.32. The maximum atomic E-state index is 10.2. The van der Waals surface area contributed by atoms with Gasteiger partial charge in [-0.1, -0.05) is 0 Å². The lowest BCUT2D eigenvalue weighted by molar-refractivity contribution is -0.392. The predicted molar refractivity (Wildman–Crippen MR) is 30.7 cm³/mol. The van der Waals surface area contributed by atoms with E-state index in [1.165, 1.54) is 0 Å². The molecule has 0 rings (SSSR count). The molecule has 0 aromatic heterocycles. The first kappa shape index (κ1) is 9.49. The number of hydrogen-bond acceptors (Lipinski definition) is 3. The minimum absolute atomic E-state index is 0.0913. The molecule has 0 saturated carbocycles. The molecule has 2 atom stereocenters. The van der Waals surface area contributed by atoms with Crippen LogP contribution in [0.1, 0.15) is 12.8 Å². The molecule has 10 heavy (non-hydrogen) atoms. The van der Waals surface area contributed by atoms with Crippen LogP contribution in [-0.2, 0) is 9.36 Å². The van der Waals surface area contributed by atoms with E-state index in [1.54, 1.807) is 0 Å². The molecule has 58 valence electrons. The van der Waals surface area contributed by atoms with E-state index in [0.717, 1.165) is 0 Å². The van der Waals surface area contributed by atoms with E-state index in [4.69, 9.17) is 4.89 Å². The average molecular weight is 166 g/mol. The van der Waals surface area contributed by atoms with E-state index in [0.29, 0.717) is 0 Å². The number of rotatable bonds is 4. The van der Waals surface area contributed by atoms with Gasteiger partial charge in [0, 0.05) is 5.97 Å². The van der Waals surface area contributed by atoms with Crippen molar-refractivity contribution in [2.75, 3.05) is 0 Å². The topological polar surface area (TPSA) is 105 Å². The van der Waals surface area contributed by atoms with Crippen LogP contribution in [0.5, 0.6) is 0 Å². The Balaban J connectivity index is 3.49. The lowest BCUT2D eigenvalue weighted by Crippen LogP contribution is -2.58. The number of carboxylic acids is 1. The Kier molecular flexibility index (Phi) is 4.11. The van der Waals surface area contributed by atoms with E-state index >= 15 is 0 Å². The zero-order valence-corrected chi connectivity index (χ0v) is 6.21. The molecule has 4 N–H and O–H groups in total. The molecule has 2 unspecified atom stereocenters. The normalized spacial score (nSPS) is 14.4. The third-order valence-electron chi connectivity index (χ3n) is 0.994. The lowest BCUT2D eigenvalue weighted by atomic mass is 10.3. The van der Waals surface area contributed by atoms with Crippen molar-refractivity contribution in [2.24, 2.45) is 0 Å². The summed E-state index contributed by atoms with van der Waals surface area (Å²) in [5, 5.41) is 9.81. The van der Waals surface area contributed by atoms with Crippen LogP contribution in [-0.4, -0.2) is 16.6 Å². The Bertz CT molecular complexity index is 148. The summed E-state index contributed by atoms with van der Waals surface area (Å²) < 4.78 is 10.2. The first-order chi connectivity index (χ1) is 4.54. The second-order valence-electron chi connectivity index (χ2n) is 1.87. The molecule has 0 fully saturated rings. The van der Waals surface area contributed by atoms with E-state index in [2.05, 4.69) is 5.73 Å². The Morgan fingerprint density at radius 2 is 2.30 bits per heavy atom. The van der Waals surface area contributed by atoms with Crippen molar-refractivity contribution in [2.45, 2.75) is 18.6 Å². The van der Waals surface area contributed by atoms with Gasteiger partial charge in [-0.25, -0.2) is 0 Å². The van der Waals surface area contributed by atoms with Gasteiger partial charge < -0.3 is 15.6 Å². The van der Waals surface area contributed by atoms with Gasteiger partial charge in [0.1, 0.15) is 0 Å². The third-order valence-corrected chi connectivity index (χ3v) is 1.88. The second-order valence-corrected chi connectivity index (χ2v) is 3.20. The molecule has 0 bridgehead atoms. The molecule has 0 saturated heterocycles. The molecule has 0 aromatic rings. The van der Waals surface area contributed by atoms with E-state index in [-0.39, 0.29) is 12.8 Å². The van der Waals surface area contributed by atoms with Crippen molar-refractivity contribution in [3.8, 4) is 0 Å². The fourth-order valence-corrected chi connectivity index (χ4v) is 0.745. The molecule has 0 aliphatic rings. The van der Waals surface area contributed by atoms with Crippen LogP contribution in [0.15, 0.2) is 0 Å². The summed E-state index contributed by atoms with van der Waals surface area (Å²) in [5.41, 5.74) is 3.28. The van der Waals surface area contributed by atoms with Crippen molar-refractivity contribution in [3.05, 3.63) is 0 Å². The van der Waals surface area contributed by atoms with Crippen molar-refractivity contribution in [1.82, 2.24) is 0 Å². The van der Waals surface area contributed by atoms with Crippen LogP contribution in [0.25, 0.3) is 0 Å². The van der Waals surface area contributed by atoms with Crippen molar-refractivity contribution >= 4 is 14.0 Å². The summed E-state index contributed by atoms with van der Waals surface area (Å²) in [5.74, 6) is -1.92. The molecular weight excluding hydrogens is 157 g/mol. The Labute approximate surface area is 58.7 Å². The number of carboxylic acid groups (broad SMARTS) is 1. The van der Waals surface area contributed by atoms with Crippen molar-refractivity contribution in [3.63, 3.8) is 0 Å². The molecule has 0 aliphatic carbocycles. The van der Waals surface area contributed by atoms with Crippen LogP contribution in [0.4, 0.5) is 0 Å². The summed E-state index contributed by atoms with van der Waals surface area (Å²) in [7, 11) is -2.34. The zero-order chi connectivity index (χ0) is 8.15. The fourth-order valence-electron chi connectivity index (χ4n) is 0.395. The van der Waals surface area contributed by atoms with Gasteiger partial charge in [-0.3, -0.25) is 0 Å². The SMILES string of the molecule is [NH3+]C(CCC(=O)[O-])[P+](=O)O. The minimum Gasteiger partial charge on any atom is -0.550 e. The van der Waals surface area contributed by atoms with E-state index in [1.807, 2.05) is 0 Å². The van der Waals surface area contributed by atoms with E-state index in [9.17, 15) is 14.5 Å². The highest BCUT2D eigenvalue weighted by atomic mass is 31.1. The first-order valence-corrected chi connectivity index (χ1v) is 4.00. The molecule has 0 radical (unpaired) electrons. The molecule has 0 heterocycles. The highest BCUT2D eigenvalue weighted by Crippen LogP contribution is 2.19. The van der Waals surface area contributed by atoms with Gasteiger partial charge in [0.15, 0.2) is 0 Å².